The second kappa shape index (κ2) is 5.25. The van der Waals surface area contributed by atoms with Crippen molar-refractivity contribution in [3.63, 3.8) is 0 Å². The Morgan fingerprint density at radius 3 is 2.80 bits per heavy atom. The van der Waals surface area contributed by atoms with Gasteiger partial charge in [0.1, 0.15) is 11.6 Å². The van der Waals surface area contributed by atoms with E-state index in [0.717, 1.165) is 28.1 Å². The fourth-order valence-electron chi connectivity index (χ4n) is 2.39. The van der Waals surface area contributed by atoms with Crippen LogP contribution in [0.3, 0.4) is 0 Å². The van der Waals surface area contributed by atoms with Gasteiger partial charge in [0.05, 0.1) is 16.7 Å². The minimum atomic E-state index is -0.256. The van der Waals surface area contributed by atoms with E-state index < -0.39 is 0 Å². The summed E-state index contributed by atoms with van der Waals surface area (Å²) in [6, 6.07) is 12.6. The number of aromatic nitrogens is 2. The minimum Gasteiger partial charge on any atom is -0.296 e. The third kappa shape index (κ3) is 2.29. The fraction of sp³-hybridized carbons (Fsp3) is 0.188. The van der Waals surface area contributed by atoms with Gasteiger partial charge in [0.25, 0.3) is 0 Å². The van der Waals surface area contributed by atoms with Crippen LogP contribution < -0.4 is 0 Å². The Bertz CT molecular complexity index is 764. The van der Waals surface area contributed by atoms with E-state index in [1.807, 2.05) is 29.7 Å². The van der Waals surface area contributed by atoms with E-state index in [2.05, 4.69) is 11.1 Å². The van der Waals surface area contributed by atoms with E-state index >= 15 is 0 Å². The first-order chi connectivity index (χ1) is 9.69. The highest BCUT2D eigenvalue weighted by molar-refractivity contribution is 6.17. The lowest BCUT2D eigenvalue weighted by atomic mass is 10.2. The predicted octanol–water partition coefficient (Wildman–Crippen LogP) is 4.25. The number of benzene rings is 2. The van der Waals surface area contributed by atoms with E-state index in [0.29, 0.717) is 12.3 Å². The van der Waals surface area contributed by atoms with Crippen molar-refractivity contribution in [1.29, 1.82) is 0 Å². The molecule has 0 fully saturated rings. The van der Waals surface area contributed by atoms with Gasteiger partial charge in [-0.1, -0.05) is 12.1 Å². The van der Waals surface area contributed by atoms with E-state index in [1.165, 1.54) is 12.1 Å². The minimum absolute atomic E-state index is 0.256. The lowest BCUT2D eigenvalue weighted by molar-refractivity contribution is 0.626. The van der Waals surface area contributed by atoms with Crippen molar-refractivity contribution in [2.45, 2.75) is 13.3 Å². The number of alkyl halides is 1. The zero-order valence-corrected chi connectivity index (χ0v) is 11.9. The van der Waals surface area contributed by atoms with E-state index in [1.54, 1.807) is 6.07 Å². The molecule has 0 radical (unpaired) electrons. The van der Waals surface area contributed by atoms with E-state index in [-0.39, 0.29) is 5.82 Å². The molecule has 3 aromatic rings. The summed E-state index contributed by atoms with van der Waals surface area (Å²) >= 11 is 5.86. The Kier molecular flexibility index (Phi) is 3.45. The lowest BCUT2D eigenvalue weighted by Crippen LogP contribution is -2.02. The van der Waals surface area contributed by atoms with Crippen LogP contribution in [0.25, 0.3) is 16.7 Å². The van der Waals surface area contributed by atoms with Crippen LogP contribution in [0.2, 0.25) is 0 Å². The summed E-state index contributed by atoms with van der Waals surface area (Å²) in [5.41, 5.74) is 3.81. The molecular weight excluding hydrogens is 275 g/mol. The first kappa shape index (κ1) is 13.1. The topological polar surface area (TPSA) is 17.8 Å². The van der Waals surface area contributed by atoms with Crippen molar-refractivity contribution in [2.24, 2.45) is 0 Å². The Labute approximate surface area is 121 Å². The molecule has 0 saturated heterocycles. The van der Waals surface area contributed by atoms with Gasteiger partial charge >= 0.3 is 0 Å². The average molecular weight is 289 g/mol. The molecule has 4 heteroatoms. The van der Waals surface area contributed by atoms with Crippen molar-refractivity contribution in [1.82, 2.24) is 9.55 Å². The van der Waals surface area contributed by atoms with Crippen LogP contribution in [-0.4, -0.2) is 15.4 Å². The highest BCUT2D eigenvalue weighted by atomic mass is 35.5. The monoisotopic (exact) mass is 288 g/mol. The first-order valence-corrected chi connectivity index (χ1v) is 7.02. The van der Waals surface area contributed by atoms with Gasteiger partial charge in [-0.3, -0.25) is 4.57 Å². The molecule has 0 aliphatic heterocycles. The van der Waals surface area contributed by atoms with E-state index in [9.17, 15) is 4.39 Å². The summed E-state index contributed by atoms with van der Waals surface area (Å²) < 4.78 is 15.5. The molecule has 1 heterocycles. The summed E-state index contributed by atoms with van der Waals surface area (Å²) in [6.07, 6.45) is 0.645. The molecule has 0 spiro atoms. The van der Waals surface area contributed by atoms with Crippen LogP contribution in [0.5, 0.6) is 0 Å². The van der Waals surface area contributed by atoms with Gasteiger partial charge in [-0.05, 0) is 42.8 Å². The average Bonchev–Trinajstić information content (AvgIpc) is 2.76. The molecule has 2 aromatic carbocycles. The van der Waals surface area contributed by atoms with E-state index in [4.69, 9.17) is 11.6 Å². The van der Waals surface area contributed by atoms with Gasteiger partial charge in [-0.2, -0.15) is 0 Å². The molecular formula is C16H14ClFN2. The highest BCUT2D eigenvalue weighted by Gasteiger charge is 2.12. The lowest BCUT2D eigenvalue weighted by Gasteiger charge is -2.09. The summed E-state index contributed by atoms with van der Waals surface area (Å²) in [6.45, 7) is 2.03. The summed E-state index contributed by atoms with van der Waals surface area (Å²) in [7, 11) is 0. The molecule has 0 aliphatic carbocycles. The number of aryl methyl sites for hydroxylation is 2. The zero-order valence-electron chi connectivity index (χ0n) is 11.1. The summed E-state index contributed by atoms with van der Waals surface area (Å²) in [4.78, 5) is 4.61. The van der Waals surface area contributed by atoms with Crippen LogP contribution in [-0.2, 0) is 6.42 Å². The molecule has 0 amide bonds. The second-order valence-corrected chi connectivity index (χ2v) is 5.15. The maximum Gasteiger partial charge on any atom is 0.125 e. The van der Waals surface area contributed by atoms with Gasteiger partial charge in [-0.15, -0.1) is 11.6 Å². The standard InChI is InChI=1S/C16H14ClFN2/c1-11-5-6-14-15(9-11)20(16(19-14)7-8-17)13-4-2-3-12(18)10-13/h2-6,9-10H,7-8H2,1H3. The molecule has 2 nitrogen and oxygen atoms in total. The number of hydrogen-bond donors (Lipinski definition) is 0. The number of hydrogen-bond acceptors (Lipinski definition) is 1. The number of rotatable bonds is 3. The van der Waals surface area contributed by atoms with Crippen molar-refractivity contribution in [2.75, 3.05) is 5.88 Å². The first-order valence-electron chi connectivity index (χ1n) is 6.49. The summed E-state index contributed by atoms with van der Waals surface area (Å²) in [5.74, 6) is 1.08. The maximum absolute atomic E-state index is 13.5. The molecule has 0 bridgehead atoms. The van der Waals surface area contributed by atoms with Crippen LogP contribution in [0.15, 0.2) is 42.5 Å². The van der Waals surface area contributed by atoms with Crippen molar-refractivity contribution in [3.8, 4) is 5.69 Å². The van der Waals surface area contributed by atoms with Crippen LogP contribution in [0.4, 0.5) is 4.39 Å². The maximum atomic E-state index is 13.5. The SMILES string of the molecule is Cc1ccc2nc(CCCl)n(-c3cccc(F)c3)c2c1. The molecule has 0 unspecified atom stereocenters. The molecule has 102 valence electrons. The normalized spacial score (nSPS) is 11.2. The van der Waals surface area contributed by atoms with Gasteiger partial charge < -0.3 is 0 Å². The van der Waals surface area contributed by atoms with Crippen LogP contribution in [0.1, 0.15) is 11.4 Å². The number of nitrogens with zero attached hydrogens (tertiary/aromatic N) is 2. The largest absolute Gasteiger partial charge is 0.296 e. The van der Waals surface area contributed by atoms with Gasteiger partial charge in [0, 0.05) is 12.3 Å². The molecule has 0 atom stereocenters. The fourth-order valence-corrected chi connectivity index (χ4v) is 2.56. The molecule has 20 heavy (non-hydrogen) atoms. The molecule has 0 saturated carbocycles. The zero-order chi connectivity index (χ0) is 14.1. The highest BCUT2D eigenvalue weighted by Crippen LogP contribution is 2.23. The Morgan fingerprint density at radius 2 is 2.05 bits per heavy atom. The molecule has 0 N–H and O–H groups in total. The quantitative estimate of drug-likeness (QED) is 0.659. The number of halogens is 2. The Morgan fingerprint density at radius 1 is 1.20 bits per heavy atom. The third-order valence-electron chi connectivity index (χ3n) is 3.26. The van der Waals surface area contributed by atoms with Gasteiger partial charge in [-0.25, -0.2) is 9.37 Å². The predicted molar refractivity (Wildman–Crippen MR) is 80.2 cm³/mol. The van der Waals surface area contributed by atoms with Gasteiger partial charge in [0.2, 0.25) is 0 Å². The number of imidazole rings is 1. The Hall–Kier alpha value is -1.87. The van der Waals surface area contributed by atoms with Crippen molar-refractivity contribution < 1.29 is 4.39 Å². The molecule has 1 aromatic heterocycles. The second-order valence-electron chi connectivity index (χ2n) is 4.77. The third-order valence-corrected chi connectivity index (χ3v) is 3.45. The van der Waals surface area contributed by atoms with Crippen molar-refractivity contribution in [3.05, 3.63) is 59.7 Å². The summed E-state index contributed by atoms with van der Waals surface area (Å²) in [5, 5.41) is 0. The van der Waals surface area contributed by atoms with Crippen LogP contribution in [0, 0.1) is 12.7 Å². The molecule has 0 aliphatic rings. The smallest absolute Gasteiger partial charge is 0.125 e. The van der Waals surface area contributed by atoms with Crippen LogP contribution >= 0.6 is 11.6 Å². The number of fused-ring (bicyclic) bond motifs is 1. The van der Waals surface area contributed by atoms with Crippen molar-refractivity contribution >= 4 is 22.6 Å². The Balaban J connectivity index is 2.30. The van der Waals surface area contributed by atoms with Gasteiger partial charge in [0.15, 0.2) is 0 Å². The molecule has 3 rings (SSSR count).